The lowest BCUT2D eigenvalue weighted by Gasteiger charge is -1.98. The van der Waals surface area contributed by atoms with E-state index in [2.05, 4.69) is 5.32 Å². The molecule has 0 atom stereocenters. The first-order chi connectivity index (χ1) is 7.79. The number of furan rings is 1. The average Bonchev–Trinajstić information content (AvgIpc) is 2.76. The molecule has 1 heterocycles. The second kappa shape index (κ2) is 6.42. The molecule has 4 heteroatoms. The van der Waals surface area contributed by atoms with Gasteiger partial charge in [0.1, 0.15) is 17.3 Å². The molecule has 0 spiro atoms. The van der Waals surface area contributed by atoms with Crippen LogP contribution in [0.5, 0.6) is 0 Å². The first kappa shape index (κ1) is 13.7. The van der Waals surface area contributed by atoms with Gasteiger partial charge in [-0.3, -0.25) is 0 Å². The highest BCUT2D eigenvalue weighted by Gasteiger charge is 2.04. The van der Waals surface area contributed by atoms with Gasteiger partial charge in [0.2, 0.25) is 0 Å². The maximum absolute atomic E-state index is 12.7. The highest BCUT2D eigenvalue weighted by Crippen LogP contribution is 2.22. The first-order valence-electron chi connectivity index (χ1n) is 5.35. The summed E-state index contributed by atoms with van der Waals surface area (Å²) in [5.41, 5.74) is 0.893. The van der Waals surface area contributed by atoms with E-state index in [1.54, 1.807) is 12.1 Å². The standard InChI is InChI=1S/C13H14FNO.ClH/c1-2-15-9-12-7-8-13(16-12)10-3-5-11(14)6-4-10;/h3-8,15H,2,9H2,1H3;1H. The van der Waals surface area contributed by atoms with Crippen LogP contribution in [0.2, 0.25) is 0 Å². The minimum atomic E-state index is -0.233. The molecule has 0 radical (unpaired) electrons. The highest BCUT2D eigenvalue weighted by molar-refractivity contribution is 5.85. The molecule has 0 aliphatic heterocycles. The van der Waals surface area contributed by atoms with E-state index in [1.807, 2.05) is 19.1 Å². The van der Waals surface area contributed by atoms with Crippen molar-refractivity contribution in [2.75, 3.05) is 6.54 Å². The summed E-state index contributed by atoms with van der Waals surface area (Å²) < 4.78 is 18.4. The topological polar surface area (TPSA) is 25.2 Å². The number of hydrogen-bond acceptors (Lipinski definition) is 2. The lowest BCUT2D eigenvalue weighted by molar-refractivity contribution is 0.498. The molecule has 0 unspecified atom stereocenters. The quantitative estimate of drug-likeness (QED) is 0.903. The minimum absolute atomic E-state index is 0. The summed E-state index contributed by atoms with van der Waals surface area (Å²) in [6, 6.07) is 10.1. The van der Waals surface area contributed by atoms with E-state index in [9.17, 15) is 4.39 Å². The fraction of sp³-hybridized carbons (Fsp3) is 0.231. The molecule has 2 aromatic rings. The predicted octanol–water partition coefficient (Wildman–Crippen LogP) is 3.62. The molecule has 92 valence electrons. The average molecular weight is 256 g/mol. The molecule has 0 aliphatic rings. The zero-order valence-corrected chi connectivity index (χ0v) is 10.4. The van der Waals surface area contributed by atoms with Crippen LogP contribution in [-0.2, 0) is 6.54 Å². The van der Waals surface area contributed by atoms with Crippen molar-refractivity contribution in [1.29, 1.82) is 0 Å². The fourth-order valence-electron chi connectivity index (χ4n) is 1.49. The van der Waals surface area contributed by atoms with E-state index in [1.165, 1.54) is 12.1 Å². The molecule has 0 amide bonds. The summed E-state index contributed by atoms with van der Waals surface area (Å²) in [5, 5.41) is 3.18. The van der Waals surface area contributed by atoms with Crippen LogP contribution in [0.15, 0.2) is 40.8 Å². The summed E-state index contributed by atoms with van der Waals surface area (Å²) in [5.74, 6) is 1.43. The maximum atomic E-state index is 12.7. The van der Waals surface area contributed by atoms with E-state index >= 15 is 0 Å². The first-order valence-corrected chi connectivity index (χ1v) is 5.35. The van der Waals surface area contributed by atoms with Crippen LogP contribution in [0.25, 0.3) is 11.3 Å². The molecular formula is C13H15ClFNO. The molecule has 0 bridgehead atoms. The van der Waals surface area contributed by atoms with Gasteiger partial charge in [-0.05, 0) is 42.9 Å². The molecule has 2 rings (SSSR count). The lowest BCUT2D eigenvalue weighted by Crippen LogP contribution is -2.10. The lowest BCUT2D eigenvalue weighted by atomic mass is 10.2. The zero-order chi connectivity index (χ0) is 11.4. The number of nitrogens with one attached hydrogen (secondary N) is 1. The summed E-state index contributed by atoms with van der Waals surface area (Å²) >= 11 is 0. The van der Waals surface area contributed by atoms with Crippen molar-refractivity contribution in [2.45, 2.75) is 13.5 Å². The second-order valence-corrected chi connectivity index (χ2v) is 3.55. The molecule has 2 nitrogen and oxygen atoms in total. The highest BCUT2D eigenvalue weighted by atomic mass is 35.5. The molecule has 0 saturated heterocycles. The molecule has 1 aromatic heterocycles. The van der Waals surface area contributed by atoms with Crippen molar-refractivity contribution in [2.24, 2.45) is 0 Å². The zero-order valence-electron chi connectivity index (χ0n) is 9.57. The molecule has 0 saturated carbocycles. The molecule has 0 aliphatic carbocycles. The Morgan fingerprint density at radius 1 is 1.12 bits per heavy atom. The van der Waals surface area contributed by atoms with Crippen molar-refractivity contribution >= 4 is 12.4 Å². The molecule has 0 fully saturated rings. The Morgan fingerprint density at radius 3 is 2.47 bits per heavy atom. The summed E-state index contributed by atoms with van der Waals surface area (Å²) in [7, 11) is 0. The molecule has 1 N–H and O–H groups in total. The predicted molar refractivity (Wildman–Crippen MR) is 68.7 cm³/mol. The van der Waals surface area contributed by atoms with Gasteiger partial charge in [-0.2, -0.15) is 0 Å². The van der Waals surface area contributed by atoms with Crippen molar-refractivity contribution in [1.82, 2.24) is 5.32 Å². The largest absolute Gasteiger partial charge is 0.460 e. The number of hydrogen-bond donors (Lipinski definition) is 1. The van der Waals surface area contributed by atoms with Gasteiger partial charge in [0.15, 0.2) is 0 Å². The van der Waals surface area contributed by atoms with Crippen LogP contribution >= 0.6 is 12.4 Å². The SMILES string of the molecule is CCNCc1ccc(-c2ccc(F)cc2)o1.Cl. The van der Waals surface area contributed by atoms with Crippen molar-refractivity contribution < 1.29 is 8.81 Å². The Balaban J connectivity index is 0.00000144. The van der Waals surface area contributed by atoms with Crippen molar-refractivity contribution in [3.8, 4) is 11.3 Å². The Labute approximate surface area is 106 Å². The monoisotopic (exact) mass is 255 g/mol. The van der Waals surface area contributed by atoms with E-state index in [-0.39, 0.29) is 18.2 Å². The van der Waals surface area contributed by atoms with Crippen LogP contribution in [-0.4, -0.2) is 6.54 Å². The fourth-order valence-corrected chi connectivity index (χ4v) is 1.49. The van der Waals surface area contributed by atoms with Gasteiger partial charge < -0.3 is 9.73 Å². The van der Waals surface area contributed by atoms with Crippen LogP contribution in [0.1, 0.15) is 12.7 Å². The summed E-state index contributed by atoms with van der Waals surface area (Å²) in [4.78, 5) is 0. The Bertz CT molecular complexity index is 453. The van der Waals surface area contributed by atoms with Crippen LogP contribution < -0.4 is 5.32 Å². The number of benzene rings is 1. The van der Waals surface area contributed by atoms with Gasteiger partial charge in [-0.1, -0.05) is 6.92 Å². The van der Waals surface area contributed by atoms with Crippen LogP contribution in [0.3, 0.4) is 0 Å². The maximum Gasteiger partial charge on any atom is 0.134 e. The molecular weight excluding hydrogens is 241 g/mol. The Hall–Kier alpha value is -1.32. The third kappa shape index (κ3) is 3.58. The van der Waals surface area contributed by atoms with Crippen molar-refractivity contribution in [3.63, 3.8) is 0 Å². The number of halogens is 2. The van der Waals surface area contributed by atoms with Crippen LogP contribution in [0.4, 0.5) is 4.39 Å². The Kier molecular flexibility index (Phi) is 5.19. The minimum Gasteiger partial charge on any atom is -0.460 e. The van der Waals surface area contributed by atoms with E-state index < -0.39 is 0 Å². The third-order valence-electron chi connectivity index (χ3n) is 2.34. The molecule has 17 heavy (non-hydrogen) atoms. The second-order valence-electron chi connectivity index (χ2n) is 3.55. The molecule has 1 aromatic carbocycles. The van der Waals surface area contributed by atoms with Gasteiger partial charge in [0.05, 0.1) is 6.54 Å². The van der Waals surface area contributed by atoms with Gasteiger partial charge in [0, 0.05) is 5.56 Å². The Morgan fingerprint density at radius 2 is 1.82 bits per heavy atom. The van der Waals surface area contributed by atoms with Crippen molar-refractivity contribution in [3.05, 3.63) is 48.0 Å². The summed E-state index contributed by atoms with van der Waals surface area (Å²) in [6.07, 6.45) is 0. The van der Waals surface area contributed by atoms with Gasteiger partial charge in [-0.15, -0.1) is 12.4 Å². The third-order valence-corrected chi connectivity index (χ3v) is 2.34. The van der Waals surface area contributed by atoms with E-state index in [4.69, 9.17) is 4.42 Å². The van der Waals surface area contributed by atoms with Crippen LogP contribution in [0, 0.1) is 5.82 Å². The van der Waals surface area contributed by atoms with E-state index in [0.29, 0.717) is 0 Å². The number of rotatable bonds is 4. The normalized spacial score (nSPS) is 10.0. The van der Waals surface area contributed by atoms with E-state index in [0.717, 1.165) is 30.2 Å². The van der Waals surface area contributed by atoms with Gasteiger partial charge in [-0.25, -0.2) is 4.39 Å². The van der Waals surface area contributed by atoms with Gasteiger partial charge in [0.25, 0.3) is 0 Å². The van der Waals surface area contributed by atoms with Gasteiger partial charge >= 0.3 is 0 Å². The summed E-state index contributed by atoms with van der Waals surface area (Å²) in [6.45, 7) is 3.67. The smallest absolute Gasteiger partial charge is 0.134 e.